The summed E-state index contributed by atoms with van der Waals surface area (Å²) in [5, 5.41) is 18.1. The fourth-order valence-corrected chi connectivity index (χ4v) is 1.87. The summed E-state index contributed by atoms with van der Waals surface area (Å²) in [6, 6.07) is 6.51. The second kappa shape index (κ2) is 13.0. The quantitative estimate of drug-likeness (QED) is 0.359. The third-order valence-corrected chi connectivity index (χ3v) is 3.36. The van der Waals surface area contributed by atoms with Crippen LogP contribution in [0.15, 0.2) is 30.9 Å². The van der Waals surface area contributed by atoms with Crippen molar-refractivity contribution in [3.8, 4) is 5.75 Å². The highest BCUT2D eigenvalue weighted by atomic mass is 16.5. The minimum Gasteiger partial charge on any atom is -0.493 e. The van der Waals surface area contributed by atoms with Crippen LogP contribution < -0.4 is 10.1 Å². The molecule has 0 aliphatic rings. The van der Waals surface area contributed by atoms with Crippen LogP contribution in [0.5, 0.6) is 5.75 Å². The number of ether oxygens (including phenoxy) is 1. The molecular formula is C19H29NO5. The number of benzene rings is 1. The van der Waals surface area contributed by atoms with Crippen molar-refractivity contribution in [2.24, 2.45) is 0 Å². The van der Waals surface area contributed by atoms with E-state index in [1.165, 1.54) is 11.1 Å². The summed E-state index contributed by atoms with van der Waals surface area (Å²) < 4.78 is 5.89. The summed E-state index contributed by atoms with van der Waals surface area (Å²) in [4.78, 5) is 18.2. The first kappa shape index (κ1) is 22.7. The molecule has 0 saturated carbocycles. The summed E-state index contributed by atoms with van der Waals surface area (Å²) in [7, 11) is 0. The molecule has 0 atom stereocenters. The molecule has 0 saturated heterocycles. The number of aliphatic carboxylic acids is 2. The smallest absolute Gasteiger partial charge is 0.414 e. The lowest BCUT2D eigenvalue weighted by Gasteiger charge is -2.12. The van der Waals surface area contributed by atoms with Gasteiger partial charge in [0.2, 0.25) is 0 Å². The first-order chi connectivity index (χ1) is 11.8. The molecule has 25 heavy (non-hydrogen) atoms. The number of hydrogen-bond donors (Lipinski definition) is 3. The van der Waals surface area contributed by atoms with Crippen molar-refractivity contribution in [1.29, 1.82) is 0 Å². The van der Waals surface area contributed by atoms with Gasteiger partial charge in [-0.25, -0.2) is 9.59 Å². The third kappa shape index (κ3) is 10.9. The molecule has 1 aromatic rings. The SMILES string of the molecule is C=CCNCCCCOc1cc(C(C)C)ccc1C.O=C(O)C(=O)O. The molecular weight excluding hydrogens is 322 g/mol. The molecule has 6 heteroatoms. The summed E-state index contributed by atoms with van der Waals surface area (Å²) in [6.45, 7) is 12.9. The summed E-state index contributed by atoms with van der Waals surface area (Å²) in [6.07, 6.45) is 4.10. The Labute approximate surface area is 149 Å². The number of hydrogen-bond acceptors (Lipinski definition) is 4. The number of rotatable bonds is 9. The van der Waals surface area contributed by atoms with Crippen LogP contribution in [0.4, 0.5) is 0 Å². The predicted molar refractivity (Wildman–Crippen MR) is 98.3 cm³/mol. The lowest BCUT2D eigenvalue weighted by Crippen LogP contribution is -2.15. The Morgan fingerprint density at radius 2 is 1.88 bits per heavy atom. The van der Waals surface area contributed by atoms with Gasteiger partial charge in [-0.05, 0) is 49.4 Å². The molecule has 0 aliphatic carbocycles. The highest BCUT2D eigenvalue weighted by Crippen LogP contribution is 2.24. The molecule has 0 amide bonds. The molecule has 1 rings (SSSR count). The van der Waals surface area contributed by atoms with Gasteiger partial charge >= 0.3 is 11.9 Å². The van der Waals surface area contributed by atoms with Crippen molar-refractivity contribution in [1.82, 2.24) is 5.32 Å². The zero-order valence-corrected chi connectivity index (χ0v) is 15.2. The average Bonchev–Trinajstić information content (AvgIpc) is 2.55. The Balaban J connectivity index is 0.000000823. The molecule has 6 nitrogen and oxygen atoms in total. The fraction of sp³-hybridized carbons (Fsp3) is 0.474. The summed E-state index contributed by atoms with van der Waals surface area (Å²) in [5.74, 6) is -2.07. The minimum absolute atomic E-state index is 0.547. The number of carboxylic acids is 2. The van der Waals surface area contributed by atoms with Gasteiger partial charge in [0.25, 0.3) is 0 Å². The maximum Gasteiger partial charge on any atom is 0.414 e. The highest BCUT2D eigenvalue weighted by molar-refractivity contribution is 6.27. The minimum atomic E-state index is -1.82. The van der Waals surface area contributed by atoms with Gasteiger partial charge in [-0.2, -0.15) is 0 Å². The molecule has 1 aromatic carbocycles. The van der Waals surface area contributed by atoms with Gasteiger partial charge in [-0.3, -0.25) is 0 Å². The van der Waals surface area contributed by atoms with Gasteiger partial charge in [0.1, 0.15) is 5.75 Å². The van der Waals surface area contributed by atoms with Gasteiger partial charge in [0, 0.05) is 6.54 Å². The topological polar surface area (TPSA) is 95.9 Å². The van der Waals surface area contributed by atoms with E-state index >= 15 is 0 Å². The average molecular weight is 351 g/mol. The Morgan fingerprint density at radius 1 is 1.24 bits per heavy atom. The van der Waals surface area contributed by atoms with Gasteiger partial charge in [0.05, 0.1) is 6.61 Å². The van der Waals surface area contributed by atoms with Crippen LogP contribution in [0.1, 0.15) is 43.7 Å². The largest absolute Gasteiger partial charge is 0.493 e. The fourth-order valence-electron chi connectivity index (χ4n) is 1.87. The van der Waals surface area contributed by atoms with Gasteiger partial charge in [-0.1, -0.05) is 32.1 Å². The van der Waals surface area contributed by atoms with Crippen LogP contribution in [-0.2, 0) is 9.59 Å². The molecule has 0 aromatic heterocycles. The number of carboxylic acid groups (broad SMARTS) is 2. The van der Waals surface area contributed by atoms with E-state index in [4.69, 9.17) is 24.5 Å². The standard InChI is InChI=1S/C17H27NO.C2H2O4/c1-5-10-18-11-6-7-12-19-17-13-16(14(2)3)9-8-15(17)4;3-1(4)2(5)6/h5,8-9,13-14,18H,1,6-7,10-12H2,2-4H3;(H,3,4)(H,5,6). The van der Waals surface area contributed by atoms with E-state index in [0.717, 1.165) is 38.3 Å². The summed E-state index contributed by atoms with van der Waals surface area (Å²) in [5.41, 5.74) is 2.56. The lowest BCUT2D eigenvalue weighted by molar-refractivity contribution is -0.159. The normalized spacial score (nSPS) is 9.92. The Morgan fingerprint density at radius 3 is 2.40 bits per heavy atom. The molecule has 0 heterocycles. The van der Waals surface area contributed by atoms with Crippen LogP contribution in [0.3, 0.4) is 0 Å². The van der Waals surface area contributed by atoms with Crippen molar-refractivity contribution in [2.75, 3.05) is 19.7 Å². The number of carbonyl (C=O) groups is 2. The van der Waals surface area contributed by atoms with Gasteiger partial charge in [0.15, 0.2) is 0 Å². The van der Waals surface area contributed by atoms with Crippen molar-refractivity contribution < 1.29 is 24.5 Å². The molecule has 0 bridgehead atoms. The zero-order valence-electron chi connectivity index (χ0n) is 15.2. The maximum atomic E-state index is 9.10. The van der Waals surface area contributed by atoms with E-state index in [0.29, 0.717) is 5.92 Å². The number of aryl methyl sites for hydroxylation is 1. The van der Waals surface area contributed by atoms with Crippen molar-refractivity contribution in [3.63, 3.8) is 0 Å². The Bertz CT molecular complexity index is 543. The predicted octanol–water partition coefficient (Wildman–Crippen LogP) is 3.21. The molecule has 0 fully saturated rings. The molecule has 0 spiro atoms. The van der Waals surface area contributed by atoms with Crippen LogP contribution in [0.2, 0.25) is 0 Å². The maximum absolute atomic E-state index is 9.10. The molecule has 3 N–H and O–H groups in total. The number of nitrogens with one attached hydrogen (secondary N) is 1. The Hall–Kier alpha value is -2.34. The molecule has 0 unspecified atom stereocenters. The van der Waals surface area contributed by atoms with E-state index < -0.39 is 11.9 Å². The third-order valence-electron chi connectivity index (χ3n) is 3.36. The van der Waals surface area contributed by atoms with Gasteiger partial charge in [-0.15, -0.1) is 6.58 Å². The first-order valence-electron chi connectivity index (χ1n) is 8.30. The van der Waals surface area contributed by atoms with Crippen LogP contribution in [0.25, 0.3) is 0 Å². The lowest BCUT2D eigenvalue weighted by atomic mass is 10.0. The van der Waals surface area contributed by atoms with E-state index in [9.17, 15) is 0 Å². The van der Waals surface area contributed by atoms with Crippen LogP contribution >= 0.6 is 0 Å². The summed E-state index contributed by atoms with van der Waals surface area (Å²) >= 11 is 0. The van der Waals surface area contributed by atoms with Crippen molar-refractivity contribution in [2.45, 2.75) is 39.5 Å². The van der Waals surface area contributed by atoms with Crippen LogP contribution in [0, 0.1) is 6.92 Å². The van der Waals surface area contributed by atoms with E-state index in [1.54, 1.807) is 0 Å². The second-order valence-corrected chi connectivity index (χ2v) is 5.84. The molecule has 0 aliphatic heterocycles. The van der Waals surface area contributed by atoms with Crippen LogP contribution in [-0.4, -0.2) is 41.8 Å². The first-order valence-corrected chi connectivity index (χ1v) is 8.30. The monoisotopic (exact) mass is 351 g/mol. The second-order valence-electron chi connectivity index (χ2n) is 5.84. The molecule has 140 valence electrons. The van der Waals surface area contributed by atoms with E-state index in [1.807, 2.05) is 6.08 Å². The van der Waals surface area contributed by atoms with E-state index in [-0.39, 0.29) is 0 Å². The zero-order chi connectivity index (χ0) is 19.2. The van der Waals surface area contributed by atoms with Gasteiger partial charge < -0.3 is 20.3 Å². The number of unbranched alkanes of at least 4 members (excludes halogenated alkanes) is 1. The van der Waals surface area contributed by atoms with E-state index in [2.05, 4.69) is 50.9 Å². The molecule has 0 radical (unpaired) electrons. The van der Waals surface area contributed by atoms with Crippen molar-refractivity contribution >= 4 is 11.9 Å². The highest BCUT2D eigenvalue weighted by Gasteiger charge is 2.05. The Kier molecular flexibility index (Phi) is 11.8. The van der Waals surface area contributed by atoms with Crippen molar-refractivity contribution in [3.05, 3.63) is 42.0 Å².